The lowest BCUT2D eigenvalue weighted by Gasteiger charge is -2.00. The van der Waals surface area contributed by atoms with Crippen molar-refractivity contribution in [1.82, 2.24) is 0 Å². The number of hydrogen-bond donors (Lipinski definition) is 1. The fourth-order valence-electron chi connectivity index (χ4n) is 0.978. The Bertz CT molecular complexity index is 293. The minimum Gasteiger partial charge on any atom is -0.404 e. The van der Waals surface area contributed by atoms with Gasteiger partial charge in [0, 0.05) is 0 Å². The third kappa shape index (κ3) is 1.76. The molecular weight excluding hydrogens is 146 g/mol. The normalized spacial score (nSPS) is 11.2. The van der Waals surface area contributed by atoms with Crippen LogP contribution in [-0.4, -0.2) is 0 Å². The Morgan fingerprint density at radius 2 is 1.92 bits per heavy atom. The number of hydrogen-bond acceptors (Lipinski definition) is 1. The van der Waals surface area contributed by atoms with E-state index in [4.69, 9.17) is 5.73 Å². The maximum absolute atomic E-state index is 5.39. The molecule has 0 aliphatic carbocycles. The van der Waals surface area contributed by atoms with E-state index in [1.165, 1.54) is 0 Å². The Labute approximate surface area is 73.2 Å². The van der Waals surface area contributed by atoms with Crippen LogP contribution in [0, 0.1) is 0 Å². The summed E-state index contributed by atoms with van der Waals surface area (Å²) in [5.41, 5.74) is 8.76. The Kier molecular flexibility index (Phi) is 2.70. The van der Waals surface area contributed by atoms with Gasteiger partial charge < -0.3 is 5.73 Å². The zero-order chi connectivity index (χ0) is 8.97. The van der Waals surface area contributed by atoms with Gasteiger partial charge in [-0.3, -0.25) is 0 Å². The summed E-state index contributed by atoms with van der Waals surface area (Å²) in [4.78, 5) is 0. The lowest BCUT2D eigenvalue weighted by molar-refractivity contribution is 1.50. The third-order valence-corrected chi connectivity index (χ3v) is 1.85. The quantitative estimate of drug-likeness (QED) is 0.705. The highest BCUT2D eigenvalue weighted by Crippen LogP contribution is 2.13. The van der Waals surface area contributed by atoms with Gasteiger partial charge in [0.15, 0.2) is 0 Å². The van der Waals surface area contributed by atoms with E-state index in [1.54, 1.807) is 6.20 Å². The summed E-state index contributed by atoms with van der Waals surface area (Å²) in [5, 5.41) is 0. The molecule has 0 atom stereocenters. The van der Waals surface area contributed by atoms with Crippen LogP contribution >= 0.6 is 0 Å². The lowest BCUT2D eigenvalue weighted by atomic mass is 10.1. The van der Waals surface area contributed by atoms with Crippen molar-refractivity contribution < 1.29 is 0 Å². The Morgan fingerprint density at radius 1 is 1.33 bits per heavy atom. The molecule has 0 saturated carbocycles. The molecule has 0 unspecified atom stereocenters. The zero-order valence-corrected chi connectivity index (χ0v) is 7.25. The molecule has 0 radical (unpaired) electrons. The van der Waals surface area contributed by atoms with E-state index in [0.717, 1.165) is 16.7 Å². The Morgan fingerprint density at radius 3 is 2.33 bits per heavy atom. The van der Waals surface area contributed by atoms with Crippen LogP contribution in [0.5, 0.6) is 0 Å². The van der Waals surface area contributed by atoms with E-state index in [1.807, 2.05) is 37.3 Å². The van der Waals surface area contributed by atoms with Crippen molar-refractivity contribution in [3.63, 3.8) is 0 Å². The number of allylic oxidation sites excluding steroid dienone is 1. The Hall–Kier alpha value is -1.50. The third-order valence-electron chi connectivity index (χ3n) is 1.85. The first-order valence-corrected chi connectivity index (χ1v) is 3.89. The first-order valence-electron chi connectivity index (χ1n) is 3.89. The number of benzene rings is 1. The van der Waals surface area contributed by atoms with Gasteiger partial charge in [0.1, 0.15) is 0 Å². The largest absolute Gasteiger partial charge is 0.404 e. The molecule has 0 saturated heterocycles. The van der Waals surface area contributed by atoms with Crippen molar-refractivity contribution in [2.45, 2.75) is 6.92 Å². The van der Waals surface area contributed by atoms with Gasteiger partial charge in [-0.25, -0.2) is 0 Å². The molecule has 1 heteroatoms. The van der Waals surface area contributed by atoms with Crippen LogP contribution in [0.4, 0.5) is 0 Å². The zero-order valence-electron chi connectivity index (χ0n) is 7.25. The average Bonchev–Trinajstić information content (AvgIpc) is 2.17. The van der Waals surface area contributed by atoms with Crippen LogP contribution < -0.4 is 5.73 Å². The minimum absolute atomic E-state index is 1.09. The average molecular weight is 159 g/mol. The van der Waals surface area contributed by atoms with Crippen molar-refractivity contribution in [3.8, 4) is 0 Å². The van der Waals surface area contributed by atoms with Crippen LogP contribution in [0.2, 0.25) is 0 Å². The number of rotatable bonds is 2. The fourth-order valence-corrected chi connectivity index (χ4v) is 0.978. The smallest absolute Gasteiger partial charge is 0.00265 e. The van der Waals surface area contributed by atoms with E-state index >= 15 is 0 Å². The summed E-state index contributed by atoms with van der Waals surface area (Å²) in [6.07, 6.45) is 3.44. The maximum Gasteiger partial charge on any atom is -0.00265 e. The molecule has 0 bridgehead atoms. The van der Waals surface area contributed by atoms with Crippen molar-refractivity contribution in [3.05, 3.63) is 48.2 Å². The van der Waals surface area contributed by atoms with Crippen molar-refractivity contribution >= 4 is 11.6 Å². The predicted molar refractivity (Wildman–Crippen MR) is 54.4 cm³/mol. The van der Waals surface area contributed by atoms with Crippen LogP contribution in [0.25, 0.3) is 11.6 Å². The molecule has 1 nitrogen and oxygen atoms in total. The highest BCUT2D eigenvalue weighted by molar-refractivity contribution is 5.64. The van der Waals surface area contributed by atoms with Gasteiger partial charge in [0.2, 0.25) is 0 Å². The minimum atomic E-state index is 1.09. The standard InChI is InChI=1S/C11H13N/c1-3-10-4-6-11(7-5-10)9(2)8-12/h3-8H,1,12H2,2H3/b9-8+. The van der Waals surface area contributed by atoms with E-state index < -0.39 is 0 Å². The first-order chi connectivity index (χ1) is 5.77. The van der Waals surface area contributed by atoms with E-state index in [0.29, 0.717) is 0 Å². The molecule has 2 N–H and O–H groups in total. The molecule has 0 spiro atoms. The maximum atomic E-state index is 5.39. The molecular formula is C11H13N. The Balaban J connectivity index is 2.99. The SMILES string of the molecule is C=Cc1ccc(/C(C)=C/N)cc1. The highest BCUT2D eigenvalue weighted by Gasteiger charge is 1.92. The molecule has 0 fully saturated rings. The van der Waals surface area contributed by atoms with Gasteiger partial charge in [-0.05, 0) is 29.8 Å². The van der Waals surface area contributed by atoms with Gasteiger partial charge in [0.25, 0.3) is 0 Å². The van der Waals surface area contributed by atoms with Gasteiger partial charge in [-0.2, -0.15) is 0 Å². The molecule has 0 heterocycles. The van der Waals surface area contributed by atoms with Crippen LogP contribution in [-0.2, 0) is 0 Å². The summed E-state index contributed by atoms with van der Waals surface area (Å²) >= 11 is 0. The second-order valence-corrected chi connectivity index (χ2v) is 2.68. The fraction of sp³-hybridized carbons (Fsp3) is 0.0909. The molecule has 1 aromatic rings. The first kappa shape index (κ1) is 8.60. The van der Waals surface area contributed by atoms with Gasteiger partial charge in [0.05, 0.1) is 0 Å². The molecule has 1 aromatic carbocycles. The van der Waals surface area contributed by atoms with Crippen LogP contribution in [0.1, 0.15) is 18.1 Å². The highest BCUT2D eigenvalue weighted by atomic mass is 14.5. The lowest BCUT2D eigenvalue weighted by Crippen LogP contribution is -1.85. The molecule has 0 amide bonds. The second kappa shape index (κ2) is 3.77. The topological polar surface area (TPSA) is 26.0 Å². The monoisotopic (exact) mass is 159 g/mol. The summed E-state index contributed by atoms with van der Waals surface area (Å²) < 4.78 is 0. The molecule has 12 heavy (non-hydrogen) atoms. The molecule has 0 aromatic heterocycles. The van der Waals surface area contributed by atoms with Crippen LogP contribution in [0.3, 0.4) is 0 Å². The molecule has 0 aliphatic rings. The van der Waals surface area contributed by atoms with Crippen LogP contribution in [0.15, 0.2) is 37.0 Å². The summed E-state index contributed by atoms with van der Waals surface area (Å²) in [6.45, 7) is 5.68. The van der Waals surface area contributed by atoms with Gasteiger partial charge in [-0.1, -0.05) is 36.9 Å². The van der Waals surface area contributed by atoms with Gasteiger partial charge >= 0.3 is 0 Å². The summed E-state index contributed by atoms with van der Waals surface area (Å²) in [6, 6.07) is 8.12. The van der Waals surface area contributed by atoms with E-state index in [2.05, 4.69) is 6.58 Å². The second-order valence-electron chi connectivity index (χ2n) is 2.68. The molecule has 62 valence electrons. The van der Waals surface area contributed by atoms with Crippen molar-refractivity contribution in [2.24, 2.45) is 5.73 Å². The number of nitrogens with two attached hydrogens (primary N) is 1. The summed E-state index contributed by atoms with van der Waals surface area (Å²) in [7, 11) is 0. The van der Waals surface area contributed by atoms with Crippen molar-refractivity contribution in [1.29, 1.82) is 0 Å². The van der Waals surface area contributed by atoms with E-state index in [9.17, 15) is 0 Å². The molecule has 0 aliphatic heterocycles. The summed E-state index contributed by atoms with van der Waals surface area (Å²) in [5.74, 6) is 0. The predicted octanol–water partition coefficient (Wildman–Crippen LogP) is 2.65. The van der Waals surface area contributed by atoms with Gasteiger partial charge in [-0.15, -0.1) is 0 Å². The van der Waals surface area contributed by atoms with Crippen molar-refractivity contribution in [2.75, 3.05) is 0 Å². The molecule has 1 rings (SSSR count). The van der Waals surface area contributed by atoms with E-state index in [-0.39, 0.29) is 0 Å².